The Balaban J connectivity index is 0.934. The standard InChI is InChI=1S/C49H70O12/c1-26-30-8-9-31(17-30)35(26)23-47(6,43(54)61-46(4,5)11-13-57-44(55)49-20-27-14-28(21-49)16-29(15-27)22-49)25-48(7,42(53)58-36-10-12-56-40(36)51)24-45(2,3)41(52)60-37-32-18-33-34(19-32)39(50)59-38(33)37/h26-38H,8-25H2,1-7H3. The fourth-order valence-corrected chi connectivity index (χ4v) is 15.4. The molecule has 10 fully saturated rings. The third kappa shape index (κ3) is 7.81. The number of fused-ring (bicyclic) bond motifs is 3. The molecule has 0 aromatic heterocycles. The van der Waals surface area contributed by atoms with E-state index < -0.39 is 64.0 Å². The lowest BCUT2D eigenvalue weighted by Gasteiger charge is -2.55. The van der Waals surface area contributed by atoms with Crippen LogP contribution < -0.4 is 0 Å². The zero-order valence-corrected chi connectivity index (χ0v) is 37.6. The highest BCUT2D eigenvalue weighted by Gasteiger charge is 2.64. The second-order valence-corrected chi connectivity index (χ2v) is 23.8. The van der Waals surface area contributed by atoms with Crippen LogP contribution in [-0.4, -0.2) is 72.9 Å². The number of hydrogen-bond donors (Lipinski definition) is 0. The largest absolute Gasteiger partial charge is 0.465 e. The molecule has 0 spiro atoms. The smallest absolute Gasteiger partial charge is 0.347 e. The van der Waals surface area contributed by atoms with Crippen molar-refractivity contribution in [2.24, 2.45) is 80.8 Å². The molecule has 2 saturated heterocycles. The molecule has 2 aliphatic heterocycles. The van der Waals surface area contributed by atoms with Gasteiger partial charge >= 0.3 is 35.8 Å². The van der Waals surface area contributed by atoms with E-state index in [9.17, 15) is 24.0 Å². The van der Waals surface area contributed by atoms with Crippen molar-refractivity contribution in [3.05, 3.63) is 0 Å². The first kappa shape index (κ1) is 43.1. The molecule has 0 radical (unpaired) electrons. The highest BCUT2D eigenvalue weighted by molar-refractivity contribution is 5.86. The molecule has 0 N–H and O–H groups in total. The van der Waals surface area contributed by atoms with E-state index in [1.165, 1.54) is 25.7 Å². The van der Waals surface area contributed by atoms with Crippen molar-refractivity contribution in [2.75, 3.05) is 13.2 Å². The molecule has 8 bridgehead atoms. The topological polar surface area (TPSA) is 158 Å². The van der Waals surface area contributed by atoms with E-state index in [0.717, 1.165) is 38.5 Å². The Morgan fingerprint density at radius 3 is 2.02 bits per heavy atom. The number of rotatable bonds is 16. The second-order valence-electron chi connectivity index (χ2n) is 23.8. The van der Waals surface area contributed by atoms with E-state index in [1.54, 1.807) is 20.8 Å². The SMILES string of the molecule is CC1C2CCC(C2)C1CC(C)(CC(C)(CC(C)(C)C(=O)OC1C2CC3C(=O)OC1C3C2)C(=O)OC1CCOC1=O)C(=O)OC(C)(C)CCOC(=O)C12CC3CC(CC(C3)C1)C2. The Labute approximate surface area is 361 Å². The molecule has 12 nitrogen and oxygen atoms in total. The first-order valence-corrected chi connectivity index (χ1v) is 23.9. The Kier molecular flexibility index (Phi) is 10.8. The van der Waals surface area contributed by atoms with Crippen LogP contribution in [0.3, 0.4) is 0 Å². The van der Waals surface area contributed by atoms with Crippen molar-refractivity contribution < 1.29 is 57.2 Å². The molecule has 0 aromatic rings. The molecule has 12 heteroatoms. The van der Waals surface area contributed by atoms with Gasteiger partial charge in [0.2, 0.25) is 6.10 Å². The summed E-state index contributed by atoms with van der Waals surface area (Å²) in [5.41, 5.74) is -5.24. The van der Waals surface area contributed by atoms with E-state index in [1.807, 2.05) is 20.8 Å². The third-order valence-electron chi connectivity index (χ3n) is 17.9. The molecule has 0 amide bonds. The van der Waals surface area contributed by atoms with Crippen molar-refractivity contribution in [1.29, 1.82) is 0 Å². The fraction of sp³-hybridized carbons (Fsp3) is 0.878. The number of carbonyl (C=O) groups excluding carboxylic acids is 6. The maximum absolute atomic E-state index is 15.0. The summed E-state index contributed by atoms with van der Waals surface area (Å²) >= 11 is 0. The lowest BCUT2D eigenvalue weighted by atomic mass is 9.49. The van der Waals surface area contributed by atoms with E-state index in [4.69, 9.17) is 28.4 Å². The van der Waals surface area contributed by atoms with Gasteiger partial charge in [0, 0.05) is 24.7 Å². The summed E-state index contributed by atoms with van der Waals surface area (Å²) in [5, 5.41) is 0. The molecule has 0 aromatic carbocycles. The summed E-state index contributed by atoms with van der Waals surface area (Å²) in [6, 6.07) is 0. The summed E-state index contributed by atoms with van der Waals surface area (Å²) in [7, 11) is 0. The zero-order valence-electron chi connectivity index (χ0n) is 37.6. The van der Waals surface area contributed by atoms with Crippen LogP contribution >= 0.6 is 0 Å². The Morgan fingerprint density at radius 1 is 0.721 bits per heavy atom. The van der Waals surface area contributed by atoms with Gasteiger partial charge in [-0.3, -0.25) is 24.0 Å². The van der Waals surface area contributed by atoms with E-state index in [-0.39, 0.29) is 73.5 Å². The molecule has 12 unspecified atom stereocenters. The van der Waals surface area contributed by atoms with Crippen molar-refractivity contribution in [3.8, 4) is 0 Å². The van der Waals surface area contributed by atoms with Crippen LogP contribution in [0.2, 0.25) is 0 Å². The number of hydrogen-bond acceptors (Lipinski definition) is 12. The minimum absolute atomic E-state index is 0.00385. The Morgan fingerprint density at radius 2 is 1.39 bits per heavy atom. The summed E-state index contributed by atoms with van der Waals surface area (Å²) in [5.74, 6) is 0.967. The van der Waals surface area contributed by atoms with Gasteiger partial charge in [-0.2, -0.15) is 0 Å². The summed E-state index contributed by atoms with van der Waals surface area (Å²) in [6.45, 7) is 13.4. The van der Waals surface area contributed by atoms with Gasteiger partial charge in [-0.15, -0.1) is 0 Å². The van der Waals surface area contributed by atoms with E-state index in [2.05, 4.69) is 6.92 Å². The molecule has 12 atom stereocenters. The number of ether oxygens (including phenoxy) is 6. The van der Waals surface area contributed by atoms with Crippen LogP contribution in [0, 0.1) is 80.8 Å². The predicted molar refractivity (Wildman–Crippen MR) is 219 cm³/mol. The van der Waals surface area contributed by atoms with Crippen LogP contribution in [0.25, 0.3) is 0 Å². The van der Waals surface area contributed by atoms with Crippen LogP contribution in [-0.2, 0) is 57.2 Å². The number of cyclic esters (lactones) is 1. The second kappa shape index (κ2) is 15.2. The Hall–Kier alpha value is -3.18. The summed E-state index contributed by atoms with van der Waals surface area (Å²) < 4.78 is 35.5. The monoisotopic (exact) mass is 850 g/mol. The lowest BCUT2D eigenvalue weighted by Crippen LogP contribution is -2.50. The van der Waals surface area contributed by atoms with Gasteiger partial charge in [0.25, 0.3) is 0 Å². The summed E-state index contributed by atoms with van der Waals surface area (Å²) in [4.78, 5) is 82.8. The molecule has 10 aliphatic rings. The lowest BCUT2D eigenvalue weighted by molar-refractivity contribution is -0.183. The fourth-order valence-electron chi connectivity index (χ4n) is 15.4. The van der Waals surface area contributed by atoms with Crippen molar-refractivity contribution >= 4 is 35.8 Å². The average Bonchev–Trinajstić information content (AvgIpc) is 4.02. The third-order valence-corrected chi connectivity index (χ3v) is 17.9. The number of esters is 6. The highest BCUT2D eigenvalue weighted by Crippen LogP contribution is 2.61. The molecular formula is C49H70O12. The molecular weight excluding hydrogens is 781 g/mol. The maximum Gasteiger partial charge on any atom is 0.347 e. The van der Waals surface area contributed by atoms with Crippen LogP contribution in [0.15, 0.2) is 0 Å². The zero-order chi connectivity index (χ0) is 43.4. The molecule has 8 aliphatic carbocycles. The molecule has 61 heavy (non-hydrogen) atoms. The summed E-state index contributed by atoms with van der Waals surface area (Å²) in [6.07, 6.45) is 10.2. The molecule has 10 rings (SSSR count). The minimum Gasteiger partial charge on any atom is -0.465 e. The first-order chi connectivity index (χ1) is 28.7. The van der Waals surface area contributed by atoms with Crippen LogP contribution in [0.1, 0.15) is 151 Å². The highest BCUT2D eigenvalue weighted by atomic mass is 16.6. The minimum atomic E-state index is -1.45. The molecule has 8 saturated carbocycles. The normalized spacial score (nSPS) is 40.9. The average molecular weight is 851 g/mol. The van der Waals surface area contributed by atoms with Crippen LogP contribution in [0.4, 0.5) is 0 Å². The van der Waals surface area contributed by atoms with Gasteiger partial charge in [-0.1, -0.05) is 6.92 Å². The first-order valence-electron chi connectivity index (χ1n) is 23.9. The van der Waals surface area contributed by atoms with Gasteiger partial charge < -0.3 is 28.4 Å². The van der Waals surface area contributed by atoms with E-state index in [0.29, 0.717) is 54.8 Å². The van der Waals surface area contributed by atoms with Gasteiger partial charge in [-0.05, 0) is 173 Å². The number of carbonyl (C=O) groups is 6. The van der Waals surface area contributed by atoms with Crippen molar-refractivity contribution in [3.63, 3.8) is 0 Å². The Bertz CT molecular complexity index is 1780. The van der Waals surface area contributed by atoms with Gasteiger partial charge in [0.15, 0.2) is 0 Å². The molecule has 338 valence electrons. The predicted octanol–water partition coefficient (Wildman–Crippen LogP) is 7.70. The van der Waals surface area contributed by atoms with Crippen LogP contribution in [0.5, 0.6) is 0 Å². The van der Waals surface area contributed by atoms with Crippen molar-refractivity contribution in [2.45, 2.75) is 175 Å². The van der Waals surface area contributed by atoms with Crippen molar-refractivity contribution in [1.82, 2.24) is 0 Å². The molecule has 2 heterocycles. The van der Waals surface area contributed by atoms with Gasteiger partial charge in [0.05, 0.1) is 40.8 Å². The maximum atomic E-state index is 15.0. The van der Waals surface area contributed by atoms with Gasteiger partial charge in [-0.25, -0.2) is 4.79 Å². The van der Waals surface area contributed by atoms with E-state index >= 15 is 4.79 Å². The quantitative estimate of drug-likeness (QED) is 0.110. The van der Waals surface area contributed by atoms with Gasteiger partial charge in [0.1, 0.15) is 17.8 Å².